The second-order valence-corrected chi connectivity index (χ2v) is 5.06. The van der Waals surface area contributed by atoms with Crippen molar-refractivity contribution < 1.29 is 14.4 Å². The van der Waals surface area contributed by atoms with Crippen molar-refractivity contribution in [3.8, 4) is 11.5 Å². The quantitative estimate of drug-likeness (QED) is 0.769. The lowest BCUT2D eigenvalue weighted by Crippen LogP contribution is -2.04. The van der Waals surface area contributed by atoms with Gasteiger partial charge in [0.15, 0.2) is 11.5 Å². The SMILES string of the molecule is O=C(O)Cc1nnc2ccc(-c3nc(C4CC4)no3)cn12. The van der Waals surface area contributed by atoms with Crippen molar-refractivity contribution in [3.05, 3.63) is 30.0 Å². The third kappa shape index (κ3) is 2.14. The van der Waals surface area contributed by atoms with Crippen LogP contribution in [0, 0.1) is 0 Å². The smallest absolute Gasteiger partial charge is 0.311 e. The van der Waals surface area contributed by atoms with Crippen molar-refractivity contribution in [1.29, 1.82) is 0 Å². The Bertz CT molecular complexity index is 833. The van der Waals surface area contributed by atoms with Crippen LogP contribution in [-0.4, -0.2) is 35.8 Å². The van der Waals surface area contributed by atoms with Crippen LogP contribution >= 0.6 is 0 Å². The predicted octanol–water partition coefficient (Wildman–Crippen LogP) is 1.28. The van der Waals surface area contributed by atoms with Crippen molar-refractivity contribution >= 4 is 11.6 Å². The van der Waals surface area contributed by atoms with E-state index in [1.807, 2.05) is 0 Å². The van der Waals surface area contributed by atoms with Crippen molar-refractivity contribution in [1.82, 2.24) is 24.7 Å². The third-order valence-corrected chi connectivity index (χ3v) is 3.41. The van der Waals surface area contributed by atoms with Crippen LogP contribution < -0.4 is 0 Å². The molecule has 21 heavy (non-hydrogen) atoms. The highest BCUT2D eigenvalue weighted by Gasteiger charge is 2.29. The zero-order chi connectivity index (χ0) is 14.4. The van der Waals surface area contributed by atoms with Gasteiger partial charge in [-0.15, -0.1) is 10.2 Å². The van der Waals surface area contributed by atoms with Gasteiger partial charge in [0.1, 0.15) is 12.2 Å². The molecule has 1 aliphatic carbocycles. The topological polar surface area (TPSA) is 106 Å². The fourth-order valence-electron chi connectivity index (χ4n) is 2.18. The molecule has 3 aromatic rings. The Morgan fingerprint density at radius 2 is 2.24 bits per heavy atom. The van der Waals surface area contributed by atoms with Gasteiger partial charge in [0.05, 0.1) is 5.56 Å². The average molecular weight is 285 g/mol. The van der Waals surface area contributed by atoms with Gasteiger partial charge in [-0.05, 0) is 25.0 Å². The molecule has 1 aliphatic rings. The molecule has 4 rings (SSSR count). The van der Waals surface area contributed by atoms with Crippen molar-refractivity contribution in [3.63, 3.8) is 0 Å². The van der Waals surface area contributed by atoms with E-state index in [1.165, 1.54) is 0 Å². The number of rotatable bonds is 4. The highest BCUT2D eigenvalue weighted by atomic mass is 16.5. The van der Waals surface area contributed by atoms with Gasteiger partial charge in [-0.2, -0.15) is 4.98 Å². The molecule has 0 bridgehead atoms. The molecule has 8 heteroatoms. The summed E-state index contributed by atoms with van der Waals surface area (Å²) in [7, 11) is 0. The summed E-state index contributed by atoms with van der Waals surface area (Å²) < 4.78 is 6.90. The lowest BCUT2D eigenvalue weighted by Gasteiger charge is -1.99. The monoisotopic (exact) mass is 285 g/mol. The molecule has 0 amide bonds. The van der Waals surface area contributed by atoms with Crippen LogP contribution in [0.1, 0.15) is 30.4 Å². The number of nitrogens with zero attached hydrogens (tertiary/aromatic N) is 5. The van der Waals surface area contributed by atoms with Gasteiger partial charge >= 0.3 is 5.97 Å². The maximum atomic E-state index is 10.8. The van der Waals surface area contributed by atoms with Crippen LogP contribution in [0.25, 0.3) is 17.1 Å². The Kier molecular flexibility index (Phi) is 2.50. The zero-order valence-electron chi connectivity index (χ0n) is 10.9. The van der Waals surface area contributed by atoms with Crippen LogP contribution in [0.4, 0.5) is 0 Å². The summed E-state index contributed by atoms with van der Waals surface area (Å²) in [5.41, 5.74) is 1.30. The number of aromatic nitrogens is 5. The molecular formula is C13H11N5O3. The minimum atomic E-state index is -0.955. The fraction of sp³-hybridized carbons (Fsp3) is 0.308. The summed E-state index contributed by atoms with van der Waals surface area (Å²) in [6.45, 7) is 0. The predicted molar refractivity (Wildman–Crippen MR) is 69.6 cm³/mol. The molecule has 0 aromatic carbocycles. The van der Waals surface area contributed by atoms with Crippen LogP contribution in [0.3, 0.4) is 0 Å². The van der Waals surface area contributed by atoms with E-state index in [-0.39, 0.29) is 6.42 Å². The van der Waals surface area contributed by atoms with E-state index in [0.29, 0.717) is 28.8 Å². The fourth-order valence-corrected chi connectivity index (χ4v) is 2.18. The highest BCUT2D eigenvalue weighted by Crippen LogP contribution is 2.38. The first-order valence-corrected chi connectivity index (χ1v) is 6.60. The van der Waals surface area contributed by atoms with Crippen molar-refractivity contribution in [2.75, 3.05) is 0 Å². The number of fused-ring (bicyclic) bond motifs is 1. The normalized spacial score (nSPS) is 14.7. The van der Waals surface area contributed by atoms with E-state index >= 15 is 0 Å². The highest BCUT2D eigenvalue weighted by molar-refractivity contribution is 5.69. The molecule has 0 aliphatic heterocycles. The summed E-state index contributed by atoms with van der Waals surface area (Å²) in [6.07, 6.45) is 3.73. The first kappa shape index (κ1) is 12.0. The second kappa shape index (κ2) is 4.37. The van der Waals surface area contributed by atoms with Gasteiger partial charge in [-0.25, -0.2) is 0 Å². The summed E-state index contributed by atoms with van der Waals surface area (Å²) in [5.74, 6) is 0.988. The number of pyridine rings is 1. The van der Waals surface area contributed by atoms with E-state index in [2.05, 4.69) is 20.3 Å². The summed E-state index contributed by atoms with van der Waals surface area (Å²) >= 11 is 0. The van der Waals surface area contributed by atoms with E-state index in [0.717, 1.165) is 18.7 Å². The molecule has 1 N–H and O–H groups in total. The van der Waals surface area contributed by atoms with Gasteiger partial charge in [-0.1, -0.05) is 5.16 Å². The van der Waals surface area contributed by atoms with E-state index < -0.39 is 5.97 Å². The summed E-state index contributed by atoms with van der Waals surface area (Å²) in [6, 6.07) is 3.55. The maximum Gasteiger partial charge on any atom is 0.311 e. The number of aliphatic carboxylic acids is 1. The lowest BCUT2D eigenvalue weighted by molar-refractivity contribution is -0.136. The number of hydrogen-bond donors (Lipinski definition) is 1. The minimum absolute atomic E-state index is 0.193. The third-order valence-electron chi connectivity index (χ3n) is 3.41. The molecule has 3 heterocycles. The number of carboxylic acid groups (broad SMARTS) is 1. The first-order valence-electron chi connectivity index (χ1n) is 6.60. The minimum Gasteiger partial charge on any atom is -0.481 e. The summed E-state index contributed by atoms with van der Waals surface area (Å²) in [4.78, 5) is 15.2. The van der Waals surface area contributed by atoms with Gasteiger partial charge < -0.3 is 9.63 Å². The molecule has 0 radical (unpaired) electrons. The Balaban J connectivity index is 1.75. The first-order chi connectivity index (χ1) is 10.2. The zero-order valence-corrected chi connectivity index (χ0v) is 10.9. The average Bonchev–Trinajstić information content (AvgIpc) is 3.07. The molecule has 0 spiro atoms. The van der Waals surface area contributed by atoms with Gasteiger partial charge in [0.25, 0.3) is 5.89 Å². The van der Waals surface area contributed by atoms with Gasteiger partial charge in [0, 0.05) is 12.1 Å². The van der Waals surface area contributed by atoms with Crippen LogP contribution in [-0.2, 0) is 11.2 Å². The van der Waals surface area contributed by atoms with E-state index in [1.54, 1.807) is 22.7 Å². The number of carbonyl (C=O) groups is 1. The van der Waals surface area contributed by atoms with Crippen LogP contribution in [0.15, 0.2) is 22.9 Å². The standard InChI is InChI=1S/C13H11N5O3/c19-11(20)5-10-16-15-9-4-3-8(6-18(9)10)13-14-12(17-21-13)7-1-2-7/h3-4,6-7H,1-2,5H2,(H,19,20). The Morgan fingerprint density at radius 3 is 3.00 bits per heavy atom. The Morgan fingerprint density at radius 1 is 1.38 bits per heavy atom. The molecule has 106 valence electrons. The second-order valence-electron chi connectivity index (χ2n) is 5.06. The van der Waals surface area contributed by atoms with E-state index in [4.69, 9.17) is 9.63 Å². The molecule has 1 saturated carbocycles. The molecule has 0 saturated heterocycles. The molecule has 1 fully saturated rings. The Hall–Kier alpha value is -2.77. The molecule has 0 unspecified atom stereocenters. The van der Waals surface area contributed by atoms with Crippen LogP contribution in [0.5, 0.6) is 0 Å². The van der Waals surface area contributed by atoms with Crippen molar-refractivity contribution in [2.24, 2.45) is 0 Å². The maximum absolute atomic E-state index is 10.8. The largest absolute Gasteiger partial charge is 0.481 e. The number of carboxylic acids is 1. The number of hydrogen-bond acceptors (Lipinski definition) is 6. The lowest BCUT2D eigenvalue weighted by atomic mass is 10.2. The van der Waals surface area contributed by atoms with E-state index in [9.17, 15) is 4.79 Å². The molecule has 0 atom stereocenters. The molecular weight excluding hydrogens is 274 g/mol. The summed E-state index contributed by atoms with van der Waals surface area (Å²) in [5, 5.41) is 20.7. The van der Waals surface area contributed by atoms with Crippen molar-refractivity contribution in [2.45, 2.75) is 25.2 Å². The van der Waals surface area contributed by atoms with Crippen LogP contribution in [0.2, 0.25) is 0 Å². The van der Waals surface area contributed by atoms with Gasteiger partial charge in [0.2, 0.25) is 0 Å². The Labute approximate surface area is 118 Å². The van der Waals surface area contributed by atoms with Gasteiger partial charge in [-0.3, -0.25) is 9.20 Å². The molecule has 3 aromatic heterocycles. The molecule has 8 nitrogen and oxygen atoms in total.